The van der Waals surface area contributed by atoms with Crippen LogP contribution in [0.25, 0.3) is 0 Å². The van der Waals surface area contributed by atoms with Crippen LogP contribution in [0.5, 0.6) is 0 Å². The molecule has 0 spiro atoms. The first-order valence-corrected chi connectivity index (χ1v) is 10.1. The molecule has 0 saturated heterocycles. The van der Waals surface area contributed by atoms with Crippen molar-refractivity contribution >= 4 is 33.0 Å². The van der Waals surface area contributed by atoms with Gasteiger partial charge in [0.1, 0.15) is 12.4 Å². The van der Waals surface area contributed by atoms with Gasteiger partial charge in [0.15, 0.2) is 0 Å². The van der Waals surface area contributed by atoms with Gasteiger partial charge >= 0.3 is 0 Å². The number of nitro groups is 1. The second-order valence-corrected chi connectivity index (χ2v) is 7.99. The molecule has 0 unspecified atom stereocenters. The molecule has 0 heterocycles. The second-order valence-electron chi connectivity index (χ2n) is 6.13. The third-order valence-corrected chi connectivity index (χ3v) is 5.88. The molecule has 3 aromatic carbocycles. The Hall–Kier alpha value is -3.79. The molecule has 3 rings (SSSR count). The van der Waals surface area contributed by atoms with Gasteiger partial charge in [-0.2, -0.15) is 0 Å². The fraction of sp³-hybridized carbons (Fsp3) is 0.0500. The lowest BCUT2D eigenvalue weighted by molar-refractivity contribution is -0.384. The molecular weight excluding hydrogens is 413 g/mol. The summed E-state index contributed by atoms with van der Waals surface area (Å²) in [5.41, 5.74) is -0.523. The summed E-state index contributed by atoms with van der Waals surface area (Å²) in [6.45, 7) is -0.716. The average Bonchev–Trinajstić information content (AvgIpc) is 2.74. The lowest BCUT2D eigenvalue weighted by atomic mass is 10.2. The number of halogens is 1. The van der Waals surface area contributed by atoms with E-state index in [0.29, 0.717) is 0 Å². The number of nitrogens with one attached hydrogen (secondary N) is 1. The zero-order valence-electron chi connectivity index (χ0n) is 15.4. The Labute approximate surface area is 171 Å². The smallest absolute Gasteiger partial charge is 0.271 e. The molecule has 10 heteroatoms. The van der Waals surface area contributed by atoms with Crippen molar-refractivity contribution in [3.8, 4) is 0 Å². The number of carbonyl (C=O) groups excluding carboxylic acids is 1. The molecule has 0 atom stereocenters. The molecule has 0 radical (unpaired) electrons. The van der Waals surface area contributed by atoms with E-state index in [2.05, 4.69) is 5.32 Å². The number of nitro benzene ring substituents is 1. The van der Waals surface area contributed by atoms with Crippen molar-refractivity contribution in [2.45, 2.75) is 4.90 Å². The van der Waals surface area contributed by atoms with E-state index >= 15 is 0 Å². The maximum absolute atomic E-state index is 13.8. The van der Waals surface area contributed by atoms with E-state index in [1.54, 1.807) is 6.07 Å². The quantitative estimate of drug-likeness (QED) is 0.456. The van der Waals surface area contributed by atoms with E-state index in [9.17, 15) is 27.7 Å². The van der Waals surface area contributed by atoms with Crippen LogP contribution < -0.4 is 9.62 Å². The molecule has 0 aromatic heterocycles. The van der Waals surface area contributed by atoms with Gasteiger partial charge in [0.25, 0.3) is 15.7 Å². The molecule has 154 valence electrons. The van der Waals surface area contributed by atoms with Gasteiger partial charge in [0, 0.05) is 12.1 Å². The van der Waals surface area contributed by atoms with Crippen molar-refractivity contribution in [2.75, 3.05) is 16.2 Å². The van der Waals surface area contributed by atoms with Crippen LogP contribution in [0.1, 0.15) is 0 Å². The number of nitrogens with zero attached hydrogens (tertiary/aromatic N) is 2. The molecule has 0 aliphatic carbocycles. The molecule has 30 heavy (non-hydrogen) atoms. The Bertz CT molecular complexity index is 1190. The summed E-state index contributed by atoms with van der Waals surface area (Å²) < 4.78 is 40.9. The largest absolute Gasteiger partial charge is 0.322 e. The van der Waals surface area contributed by atoms with E-state index in [1.807, 2.05) is 0 Å². The molecule has 0 bridgehead atoms. The normalized spacial score (nSPS) is 11.0. The average molecular weight is 429 g/mol. The van der Waals surface area contributed by atoms with Gasteiger partial charge in [-0.05, 0) is 30.3 Å². The molecule has 3 aromatic rings. The Morgan fingerprint density at radius 2 is 1.67 bits per heavy atom. The van der Waals surface area contributed by atoms with Gasteiger partial charge in [-0.25, -0.2) is 12.8 Å². The fourth-order valence-electron chi connectivity index (χ4n) is 2.68. The number of non-ortho nitro benzene ring substituents is 1. The maximum atomic E-state index is 13.8. The van der Waals surface area contributed by atoms with Gasteiger partial charge in [-0.3, -0.25) is 19.2 Å². The molecular formula is C20H16FN3O5S. The Morgan fingerprint density at radius 1 is 1.00 bits per heavy atom. The van der Waals surface area contributed by atoms with Crippen LogP contribution in [0.3, 0.4) is 0 Å². The van der Waals surface area contributed by atoms with E-state index in [-0.39, 0.29) is 22.0 Å². The van der Waals surface area contributed by atoms with E-state index < -0.39 is 33.2 Å². The van der Waals surface area contributed by atoms with Crippen molar-refractivity contribution in [2.24, 2.45) is 0 Å². The third kappa shape index (κ3) is 4.61. The summed E-state index contributed by atoms with van der Waals surface area (Å²) >= 11 is 0. The molecule has 0 saturated carbocycles. The number of sulfonamides is 1. The highest BCUT2D eigenvalue weighted by molar-refractivity contribution is 7.92. The number of carbonyl (C=O) groups is 1. The third-order valence-electron chi connectivity index (χ3n) is 4.09. The molecule has 0 aliphatic heterocycles. The van der Waals surface area contributed by atoms with Crippen LogP contribution in [0.2, 0.25) is 0 Å². The van der Waals surface area contributed by atoms with E-state index in [4.69, 9.17) is 0 Å². The van der Waals surface area contributed by atoms with Crippen molar-refractivity contribution in [3.63, 3.8) is 0 Å². The van der Waals surface area contributed by atoms with Crippen LogP contribution in [-0.2, 0) is 14.8 Å². The minimum Gasteiger partial charge on any atom is -0.322 e. The minimum atomic E-state index is -4.24. The number of benzene rings is 3. The number of hydrogen-bond acceptors (Lipinski definition) is 5. The Morgan fingerprint density at radius 3 is 2.33 bits per heavy atom. The Balaban J connectivity index is 2.00. The zero-order valence-corrected chi connectivity index (χ0v) is 16.3. The number of para-hydroxylation sites is 1. The monoisotopic (exact) mass is 429 g/mol. The van der Waals surface area contributed by atoms with Crippen LogP contribution in [0.15, 0.2) is 83.8 Å². The summed E-state index contributed by atoms with van der Waals surface area (Å²) in [6, 6.07) is 17.7. The van der Waals surface area contributed by atoms with Gasteiger partial charge in [0.05, 0.1) is 21.2 Å². The topological polar surface area (TPSA) is 110 Å². The van der Waals surface area contributed by atoms with Crippen molar-refractivity contribution in [1.29, 1.82) is 0 Å². The predicted octanol–water partition coefficient (Wildman–Crippen LogP) is 3.57. The first kappa shape index (κ1) is 20.9. The lowest BCUT2D eigenvalue weighted by Gasteiger charge is -2.24. The van der Waals surface area contributed by atoms with Crippen molar-refractivity contribution in [1.82, 2.24) is 0 Å². The highest BCUT2D eigenvalue weighted by Gasteiger charge is 2.28. The second kappa shape index (κ2) is 8.70. The maximum Gasteiger partial charge on any atom is 0.271 e. The first-order valence-electron chi connectivity index (χ1n) is 8.65. The molecule has 0 fully saturated rings. The minimum absolute atomic E-state index is 0.0725. The fourth-order valence-corrected chi connectivity index (χ4v) is 4.11. The highest BCUT2D eigenvalue weighted by atomic mass is 32.2. The number of amides is 1. The SMILES string of the molecule is O=C(CN(c1cccc([N+](=O)[O-])c1)S(=O)(=O)c1ccccc1)Nc1ccccc1F. The van der Waals surface area contributed by atoms with E-state index in [1.165, 1.54) is 60.7 Å². The van der Waals surface area contributed by atoms with Crippen LogP contribution in [-0.4, -0.2) is 25.8 Å². The summed E-state index contributed by atoms with van der Waals surface area (Å²) in [4.78, 5) is 22.9. The number of rotatable bonds is 7. The van der Waals surface area contributed by atoms with Gasteiger partial charge in [-0.1, -0.05) is 36.4 Å². The van der Waals surface area contributed by atoms with Gasteiger partial charge < -0.3 is 5.32 Å². The summed E-state index contributed by atoms with van der Waals surface area (Å²) in [5.74, 6) is -1.50. The summed E-state index contributed by atoms with van der Waals surface area (Å²) in [7, 11) is -4.24. The summed E-state index contributed by atoms with van der Waals surface area (Å²) in [6.07, 6.45) is 0. The van der Waals surface area contributed by atoms with Crippen LogP contribution in [0, 0.1) is 15.9 Å². The van der Waals surface area contributed by atoms with E-state index in [0.717, 1.165) is 16.4 Å². The van der Waals surface area contributed by atoms with Gasteiger partial charge in [-0.15, -0.1) is 0 Å². The molecule has 1 N–H and O–H groups in total. The van der Waals surface area contributed by atoms with Crippen molar-refractivity contribution < 1.29 is 22.5 Å². The zero-order chi connectivity index (χ0) is 21.7. The van der Waals surface area contributed by atoms with Crippen LogP contribution in [0.4, 0.5) is 21.5 Å². The molecule has 1 amide bonds. The predicted molar refractivity (Wildman–Crippen MR) is 109 cm³/mol. The lowest BCUT2D eigenvalue weighted by Crippen LogP contribution is -2.38. The van der Waals surface area contributed by atoms with Gasteiger partial charge in [0.2, 0.25) is 5.91 Å². The molecule has 8 nitrogen and oxygen atoms in total. The number of anilines is 2. The highest BCUT2D eigenvalue weighted by Crippen LogP contribution is 2.27. The Kier molecular flexibility index (Phi) is 6.07. The number of hydrogen-bond donors (Lipinski definition) is 1. The molecule has 0 aliphatic rings. The first-order chi connectivity index (χ1) is 14.3. The standard InChI is InChI=1S/C20H16FN3O5S/c21-18-11-4-5-12-19(18)22-20(25)14-23(15-7-6-8-16(13-15)24(26)27)30(28,29)17-9-2-1-3-10-17/h1-13H,14H2,(H,22,25). The van der Waals surface area contributed by atoms with Crippen LogP contribution >= 0.6 is 0 Å². The summed E-state index contributed by atoms with van der Waals surface area (Å²) in [5, 5.41) is 13.4. The van der Waals surface area contributed by atoms with Crippen molar-refractivity contribution in [3.05, 3.63) is 94.8 Å².